The third kappa shape index (κ3) is 3.92. The number of hydrogen-bond donors (Lipinski definition) is 5. The average Bonchev–Trinajstić information content (AvgIpc) is 1.90. The molecular formula is C3H9N5O2. The number of aliphatic carboxylic acids is 1. The molecule has 0 heterocycles. The van der Waals surface area contributed by atoms with Crippen molar-refractivity contribution >= 4 is 12.2 Å². The van der Waals surface area contributed by atoms with Crippen LogP contribution in [0.1, 0.15) is 0 Å². The summed E-state index contributed by atoms with van der Waals surface area (Å²) in [5.41, 5.74) is 4.22. The highest BCUT2D eigenvalue weighted by atomic mass is 16.4. The van der Waals surface area contributed by atoms with Gasteiger partial charge in [-0.05, 0) is 0 Å². The minimum atomic E-state index is -1.16. The lowest BCUT2D eigenvalue weighted by molar-refractivity contribution is -0.128. The molecule has 0 spiro atoms. The normalized spacial score (nSPS) is 11.1. The summed E-state index contributed by atoms with van der Waals surface area (Å²) in [6.07, 6.45) is -0.0826. The molecular weight excluding hydrogens is 138 g/mol. The lowest BCUT2D eigenvalue weighted by atomic mass is 10.7. The number of carboxylic acids is 1. The molecule has 0 aliphatic heterocycles. The van der Waals surface area contributed by atoms with Crippen molar-refractivity contribution in [3.8, 4) is 0 Å². The van der Waals surface area contributed by atoms with Crippen molar-refractivity contribution in [2.75, 3.05) is 0 Å². The predicted molar refractivity (Wildman–Crippen MR) is 34.6 cm³/mol. The highest BCUT2D eigenvalue weighted by Gasteiger charge is 1.96. The van der Waals surface area contributed by atoms with E-state index < -0.39 is 12.3 Å². The molecule has 0 rings (SSSR count). The van der Waals surface area contributed by atoms with E-state index >= 15 is 0 Å². The van der Waals surface area contributed by atoms with Gasteiger partial charge in [-0.3, -0.25) is 11.7 Å². The van der Waals surface area contributed by atoms with Crippen LogP contribution in [0.3, 0.4) is 0 Å². The van der Waals surface area contributed by atoms with Crippen molar-refractivity contribution < 1.29 is 9.90 Å². The Morgan fingerprint density at radius 1 is 1.60 bits per heavy atom. The number of hydrazine groups is 2. The van der Waals surface area contributed by atoms with E-state index in [9.17, 15) is 4.79 Å². The summed E-state index contributed by atoms with van der Waals surface area (Å²) in [6.45, 7) is 0. The first-order valence-corrected chi connectivity index (χ1v) is 2.39. The van der Waals surface area contributed by atoms with Crippen LogP contribution in [0, 0.1) is 0 Å². The van der Waals surface area contributed by atoms with E-state index in [-0.39, 0.29) is 0 Å². The monoisotopic (exact) mass is 147 g/mol. The molecule has 58 valence electrons. The molecule has 0 aromatic rings. The van der Waals surface area contributed by atoms with Gasteiger partial charge in [-0.15, -0.1) is 0 Å². The molecule has 7 nitrogen and oxygen atoms in total. The fourth-order valence-electron chi connectivity index (χ4n) is 0.272. The van der Waals surface area contributed by atoms with E-state index in [1.165, 1.54) is 0 Å². The number of nitrogens with zero attached hydrogens (tertiary/aromatic N) is 1. The Morgan fingerprint density at radius 2 is 2.10 bits per heavy atom. The third-order valence-corrected chi connectivity index (χ3v) is 0.650. The van der Waals surface area contributed by atoms with E-state index in [1.54, 1.807) is 0 Å². The summed E-state index contributed by atoms with van der Waals surface area (Å²) in [5.74, 6) is 8.58. The van der Waals surface area contributed by atoms with Crippen LogP contribution in [0.5, 0.6) is 0 Å². The molecule has 0 aromatic carbocycles. The van der Waals surface area contributed by atoms with E-state index in [4.69, 9.17) is 16.8 Å². The van der Waals surface area contributed by atoms with Gasteiger partial charge in [0.1, 0.15) is 6.21 Å². The fraction of sp³-hybridized carbons (Fsp3) is 0.333. The standard InChI is InChI=1S/C3H9N5O2/c4-7-3(8-5)6-1-2(9)10/h1,3,7-8H,4-5H2,(H,9,10)/b6-1+. The van der Waals surface area contributed by atoms with Gasteiger partial charge in [0.25, 0.3) is 0 Å². The van der Waals surface area contributed by atoms with E-state index in [1.807, 2.05) is 0 Å². The van der Waals surface area contributed by atoms with Crippen LogP contribution in [0.25, 0.3) is 0 Å². The van der Waals surface area contributed by atoms with Crippen molar-refractivity contribution in [3.05, 3.63) is 0 Å². The smallest absolute Gasteiger partial charge is 0.346 e. The Labute approximate surface area is 57.0 Å². The average molecular weight is 147 g/mol. The van der Waals surface area contributed by atoms with Gasteiger partial charge >= 0.3 is 5.97 Å². The summed E-state index contributed by atoms with van der Waals surface area (Å²) in [7, 11) is 0. The maximum atomic E-state index is 9.85. The van der Waals surface area contributed by atoms with Gasteiger partial charge in [0.15, 0.2) is 6.29 Å². The zero-order chi connectivity index (χ0) is 7.98. The molecule has 0 atom stereocenters. The SMILES string of the molecule is NNC(/N=C/C(=O)O)NN. The first kappa shape index (κ1) is 8.98. The van der Waals surface area contributed by atoms with Gasteiger partial charge in [0, 0.05) is 0 Å². The molecule has 7 heteroatoms. The van der Waals surface area contributed by atoms with E-state index in [0.29, 0.717) is 6.21 Å². The van der Waals surface area contributed by atoms with Gasteiger partial charge in [0.05, 0.1) is 0 Å². The molecule has 7 N–H and O–H groups in total. The second kappa shape index (κ2) is 4.82. The van der Waals surface area contributed by atoms with Crippen molar-refractivity contribution in [3.63, 3.8) is 0 Å². The number of hydrogen-bond acceptors (Lipinski definition) is 6. The maximum absolute atomic E-state index is 9.85. The zero-order valence-corrected chi connectivity index (χ0v) is 5.11. The Morgan fingerprint density at radius 3 is 2.40 bits per heavy atom. The minimum Gasteiger partial charge on any atom is -0.477 e. The van der Waals surface area contributed by atoms with Gasteiger partial charge in [-0.2, -0.15) is 0 Å². The Balaban J connectivity index is 3.72. The van der Waals surface area contributed by atoms with Crippen molar-refractivity contribution in [1.29, 1.82) is 0 Å². The van der Waals surface area contributed by atoms with Crippen LogP contribution in [-0.2, 0) is 4.79 Å². The Kier molecular flexibility index (Phi) is 4.33. The van der Waals surface area contributed by atoms with Gasteiger partial charge in [-0.25, -0.2) is 20.6 Å². The molecule has 0 bridgehead atoms. The minimum absolute atomic E-state index is 0.685. The Hall–Kier alpha value is -1.02. The number of carboxylic acid groups (broad SMARTS) is 1. The molecule has 10 heavy (non-hydrogen) atoms. The van der Waals surface area contributed by atoms with Crippen molar-refractivity contribution in [1.82, 2.24) is 10.9 Å². The van der Waals surface area contributed by atoms with Crippen molar-refractivity contribution in [2.24, 2.45) is 16.7 Å². The molecule has 0 unspecified atom stereocenters. The second-order valence-corrected chi connectivity index (χ2v) is 1.35. The number of rotatable bonds is 4. The summed E-state index contributed by atoms with van der Waals surface area (Å²) in [6, 6.07) is 0. The first-order chi connectivity index (χ1) is 4.70. The van der Waals surface area contributed by atoms with Gasteiger partial charge < -0.3 is 5.11 Å². The third-order valence-electron chi connectivity index (χ3n) is 0.650. The molecule has 0 aromatic heterocycles. The summed E-state index contributed by atoms with van der Waals surface area (Å²) < 4.78 is 0. The van der Waals surface area contributed by atoms with Gasteiger partial charge in [-0.1, -0.05) is 0 Å². The number of nitrogens with two attached hydrogens (primary N) is 2. The van der Waals surface area contributed by atoms with E-state index in [2.05, 4.69) is 15.8 Å². The van der Waals surface area contributed by atoms with Crippen LogP contribution in [0.15, 0.2) is 4.99 Å². The number of aliphatic imine (C=N–C) groups is 1. The zero-order valence-electron chi connectivity index (χ0n) is 5.11. The van der Waals surface area contributed by atoms with Gasteiger partial charge in [0.2, 0.25) is 0 Å². The summed E-state index contributed by atoms with van der Waals surface area (Å²) in [4.78, 5) is 13.2. The van der Waals surface area contributed by atoms with E-state index in [0.717, 1.165) is 0 Å². The Bertz CT molecular complexity index is 131. The van der Waals surface area contributed by atoms with Crippen LogP contribution in [-0.4, -0.2) is 23.6 Å². The summed E-state index contributed by atoms with van der Waals surface area (Å²) >= 11 is 0. The molecule has 0 saturated carbocycles. The lowest BCUT2D eigenvalue weighted by Gasteiger charge is -2.06. The van der Waals surface area contributed by atoms with Crippen LogP contribution >= 0.6 is 0 Å². The predicted octanol–water partition coefficient (Wildman–Crippen LogP) is -2.65. The maximum Gasteiger partial charge on any atom is 0.346 e. The summed E-state index contributed by atoms with van der Waals surface area (Å²) in [5, 5.41) is 8.07. The lowest BCUT2D eigenvalue weighted by Crippen LogP contribution is -2.48. The fourth-order valence-corrected chi connectivity index (χ4v) is 0.272. The molecule has 0 radical (unpaired) electrons. The highest BCUT2D eigenvalue weighted by Crippen LogP contribution is 1.70. The topological polar surface area (TPSA) is 126 Å². The largest absolute Gasteiger partial charge is 0.477 e. The quantitative estimate of drug-likeness (QED) is 0.128. The van der Waals surface area contributed by atoms with Crippen LogP contribution in [0.2, 0.25) is 0 Å². The highest BCUT2D eigenvalue weighted by molar-refractivity contribution is 6.22. The second-order valence-electron chi connectivity index (χ2n) is 1.35. The van der Waals surface area contributed by atoms with Crippen molar-refractivity contribution in [2.45, 2.75) is 6.29 Å². The molecule has 0 aliphatic carbocycles. The van der Waals surface area contributed by atoms with Crippen LogP contribution < -0.4 is 22.5 Å². The molecule has 0 aliphatic rings. The molecule has 0 fully saturated rings. The number of carbonyl (C=O) groups is 1. The molecule has 0 amide bonds. The number of nitrogens with one attached hydrogen (secondary N) is 2. The first-order valence-electron chi connectivity index (χ1n) is 2.39. The van der Waals surface area contributed by atoms with Crippen LogP contribution in [0.4, 0.5) is 0 Å². The molecule has 0 saturated heterocycles.